The minimum atomic E-state index is -3.70. The number of nitrogens with zero attached hydrogens (tertiary/aromatic N) is 3. The number of para-hydroxylation sites is 1. The fourth-order valence-electron chi connectivity index (χ4n) is 9.82. The topological polar surface area (TPSA) is 161 Å². The van der Waals surface area contributed by atoms with Gasteiger partial charge in [0.25, 0.3) is 5.91 Å². The van der Waals surface area contributed by atoms with Crippen LogP contribution in [0.2, 0.25) is 0 Å². The smallest absolute Gasteiger partial charge is 0.251 e. The maximum Gasteiger partial charge on any atom is 0.251 e. The van der Waals surface area contributed by atoms with Crippen LogP contribution < -0.4 is 20.3 Å². The van der Waals surface area contributed by atoms with Gasteiger partial charge in [0, 0.05) is 55.0 Å². The summed E-state index contributed by atoms with van der Waals surface area (Å²) in [6.45, 7) is 8.52. The van der Waals surface area contributed by atoms with Crippen molar-refractivity contribution in [3.8, 4) is 16.9 Å². The van der Waals surface area contributed by atoms with Crippen LogP contribution >= 0.6 is 0 Å². The van der Waals surface area contributed by atoms with Gasteiger partial charge in [0.05, 0.1) is 43.1 Å². The van der Waals surface area contributed by atoms with E-state index in [0.717, 1.165) is 12.1 Å². The largest absolute Gasteiger partial charge is 0.496 e. The quantitative estimate of drug-likeness (QED) is 0.164. The van der Waals surface area contributed by atoms with Gasteiger partial charge in [-0.2, -0.15) is 5.06 Å². The number of hydroxylamine groups is 2. The molecule has 3 aliphatic carbocycles. The Morgan fingerprint density at radius 3 is 2.34 bits per heavy atom. The Bertz CT molecular complexity index is 2080. The molecule has 2 amide bonds. The Morgan fingerprint density at radius 1 is 1.03 bits per heavy atom. The number of carbonyl (C=O) groups is 2. The first-order valence-corrected chi connectivity index (χ1v) is 22.3. The number of aliphatic hydroxyl groups excluding tert-OH is 2. The maximum atomic E-state index is 14.3. The van der Waals surface area contributed by atoms with Crippen LogP contribution in [0.1, 0.15) is 56.5 Å². The number of sulfone groups is 1. The van der Waals surface area contributed by atoms with Gasteiger partial charge in [0.2, 0.25) is 5.91 Å². The molecule has 3 aromatic carbocycles. The number of hydrogen-bond donors (Lipinski definition) is 4. The number of nitrogens with one attached hydrogen (secondary N) is 2. The van der Waals surface area contributed by atoms with Gasteiger partial charge in [-0.3, -0.25) is 14.4 Å². The number of carbonyl (C=O) groups excluding carboxylic acids is 2. The fraction of sp³-hybridized carbons (Fsp3) is 0.556. The van der Waals surface area contributed by atoms with Crippen LogP contribution in [0.15, 0.2) is 71.6 Å². The van der Waals surface area contributed by atoms with E-state index < -0.39 is 46.0 Å². The van der Waals surface area contributed by atoms with E-state index in [0.29, 0.717) is 52.3 Å². The summed E-state index contributed by atoms with van der Waals surface area (Å²) < 4.78 is 32.8. The normalized spacial score (nSPS) is 26.1. The summed E-state index contributed by atoms with van der Waals surface area (Å²) in [5.74, 6) is 0.250. The summed E-state index contributed by atoms with van der Waals surface area (Å²) in [4.78, 5) is 38.6. The van der Waals surface area contributed by atoms with Crippen molar-refractivity contribution in [3.05, 3.63) is 77.9 Å². The fourth-order valence-corrected chi connectivity index (χ4v) is 11.3. The monoisotopic (exact) mass is 833 g/mol. The number of aliphatic hydroxyl groups is 2. The molecule has 4 N–H and O–H groups in total. The van der Waals surface area contributed by atoms with Crippen molar-refractivity contribution in [2.24, 2.45) is 29.1 Å². The standard InChI is InChI=1S/C45H63N5O8S/c1-27-37-21-32(45(37,3)4)22-38(27)47-44(54)41-40(28(2)52)39(25-51)58-50(41)23-29-14-13-17-36(42(29)57-9)30-18-31(20-34(19-30)49(7)8)43(53)46-33(24-48(5)6)26-59(55,56)35-15-11-10-12-16-35/h10-20,27-28,32-33,37-41,51-52H,21-26H2,1-9H3,(H,46,53)(H,47,54)/t27-,28-,32+,33+,37-,38-,39-,40+,41-/m0/s1. The van der Waals surface area contributed by atoms with E-state index in [1.807, 2.05) is 62.3 Å². The van der Waals surface area contributed by atoms with Gasteiger partial charge in [-0.1, -0.05) is 57.2 Å². The molecule has 3 aromatic rings. The van der Waals surface area contributed by atoms with Gasteiger partial charge in [-0.25, -0.2) is 8.42 Å². The highest BCUT2D eigenvalue weighted by Gasteiger charge is 2.57. The van der Waals surface area contributed by atoms with Crippen LogP contribution in [0.3, 0.4) is 0 Å². The first-order valence-electron chi connectivity index (χ1n) is 20.6. The Labute approximate surface area is 349 Å². The van der Waals surface area contributed by atoms with Crippen molar-refractivity contribution in [3.63, 3.8) is 0 Å². The Kier molecular flexibility index (Phi) is 13.5. The van der Waals surface area contributed by atoms with E-state index in [4.69, 9.17) is 9.57 Å². The molecule has 14 heteroatoms. The van der Waals surface area contributed by atoms with Crippen LogP contribution in [0.4, 0.5) is 5.69 Å². The van der Waals surface area contributed by atoms with Gasteiger partial charge in [-0.15, -0.1) is 0 Å². The number of fused-ring (bicyclic) bond motifs is 2. The first kappa shape index (κ1) is 44.5. The zero-order valence-electron chi connectivity index (χ0n) is 35.9. The molecular formula is C45H63N5O8S. The van der Waals surface area contributed by atoms with Crippen molar-refractivity contribution >= 4 is 27.3 Å². The lowest BCUT2D eigenvalue weighted by Gasteiger charge is -2.62. The number of anilines is 1. The summed E-state index contributed by atoms with van der Waals surface area (Å²) in [7, 11) is 5.27. The zero-order valence-corrected chi connectivity index (χ0v) is 36.7. The number of ether oxygens (including phenoxy) is 1. The van der Waals surface area contributed by atoms with E-state index >= 15 is 0 Å². The number of amides is 2. The molecule has 322 valence electrons. The molecule has 9 atom stereocenters. The molecule has 4 aliphatic rings. The molecule has 1 saturated heterocycles. The average Bonchev–Trinajstić information content (AvgIpc) is 3.56. The first-order chi connectivity index (χ1) is 27.9. The molecule has 0 unspecified atom stereocenters. The Morgan fingerprint density at radius 2 is 1.75 bits per heavy atom. The summed E-state index contributed by atoms with van der Waals surface area (Å²) in [5, 5.41) is 29.3. The molecule has 59 heavy (non-hydrogen) atoms. The highest BCUT2D eigenvalue weighted by Crippen LogP contribution is 2.61. The van der Waals surface area contributed by atoms with Crippen LogP contribution in [-0.4, -0.2) is 125 Å². The molecule has 0 spiro atoms. The van der Waals surface area contributed by atoms with Crippen molar-refractivity contribution in [2.75, 3.05) is 59.1 Å². The van der Waals surface area contributed by atoms with E-state index in [9.17, 15) is 28.2 Å². The van der Waals surface area contributed by atoms with Gasteiger partial charge >= 0.3 is 0 Å². The SMILES string of the molecule is COc1c(CN2O[C@@H](CO)[C@@H]([C@H](C)O)[C@H]2C(=O)N[C@H]2C[C@H]3C[C@@H]([C@@H]2C)C3(C)C)cccc1-c1cc(C(=O)N[C@H](CN(C)C)CS(=O)(=O)c2ccccc2)cc(N(C)C)c1. The predicted octanol–water partition coefficient (Wildman–Crippen LogP) is 4.22. The third-order valence-corrected chi connectivity index (χ3v) is 15.0. The van der Waals surface area contributed by atoms with E-state index in [2.05, 4.69) is 31.4 Å². The van der Waals surface area contributed by atoms with Gasteiger partial charge < -0.3 is 35.4 Å². The predicted molar refractivity (Wildman–Crippen MR) is 229 cm³/mol. The second-order valence-corrected chi connectivity index (χ2v) is 20.0. The summed E-state index contributed by atoms with van der Waals surface area (Å²) in [5.41, 5.74) is 3.39. The van der Waals surface area contributed by atoms with E-state index in [1.54, 1.807) is 61.6 Å². The number of likely N-dealkylation sites (N-methyl/N-ethyl adjacent to an activating group) is 1. The van der Waals surface area contributed by atoms with Crippen molar-refractivity contribution < 1.29 is 37.8 Å². The van der Waals surface area contributed by atoms with E-state index in [-0.39, 0.29) is 41.2 Å². The molecule has 2 bridgehead atoms. The van der Waals surface area contributed by atoms with Gasteiger partial charge in [-0.05, 0) is 92.9 Å². The van der Waals surface area contributed by atoms with Crippen LogP contribution in [0.25, 0.3) is 11.1 Å². The lowest BCUT2D eigenvalue weighted by Crippen LogP contribution is -2.62. The van der Waals surface area contributed by atoms with Crippen LogP contribution in [-0.2, 0) is 26.0 Å². The molecular weight excluding hydrogens is 771 g/mol. The van der Waals surface area contributed by atoms with Gasteiger partial charge in [0.1, 0.15) is 17.9 Å². The lowest BCUT2D eigenvalue weighted by atomic mass is 9.45. The molecule has 7 rings (SSSR count). The van der Waals surface area contributed by atoms with E-state index in [1.165, 1.54) is 6.42 Å². The molecule has 0 aromatic heterocycles. The number of hydrogen-bond acceptors (Lipinski definition) is 11. The maximum absolute atomic E-state index is 14.3. The third-order valence-electron chi connectivity index (χ3n) is 13.1. The van der Waals surface area contributed by atoms with Crippen LogP contribution in [0, 0.1) is 29.1 Å². The van der Waals surface area contributed by atoms with Crippen molar-refractivity contribution in [2.45, 2.75) is 82.3 Å². The molecule has 13 nitrogen and oxygen atoms in total. The summed E-state index contributed by atoms with van der Waals surface area (Å²) in [6.07, 6.45) is 0.342. The zero-order chi connectivity index (χ0) is 43.0. The van der Waals surface area contributed by atoms with Gasteiger partial charge in [0.15, 0.2) is 9.84 Å². The molecule has 1 aliphatic heterocycles. The molecule has 0 radical (unpaired) electrons. The second kappa shape index (κ2) is 17.9. The highest BCUT2D eigenvalue weighted by molar-refractivity contribution is 7.91. The molecule has 1 heterocycles. The van der Waals surface area contributed by atoms with Crippen molar-refractivity contribution in [1.82, 2.24) is 20.6 Å². The molecule has 4 fully saturated rings. The second-order valence-electron chi connectivity index (χ2n) is 17.9. The number of rotatable bonds is 16. The van der Waals surface area contributed by atoms with Crippen molar-refractivity contribution in [1.29, 1.82) is 0 Å². The minimum absolute atomic E-state index is 0.00334. The third kappa shape index (κ3) is 9.33. The molecule has 3 saturated carbocycles. The Hall–Kier alpha value is -4.05. The Balaban J connectivity index is 1.29. The number of benzene rings is 3. The lowest BCUT2D eigenvalue weighted by molar-refractivity contribution is -0.183. The van der Waals surface area contributed by atoms with Crippen LogP contribution in [0.5, 0.6) is 5.75 Å². The summed E-state index contributed by atoms with van der Waals surface area (Å²) in [6, 6.07) is 17.7. The highest BCUT2D eigenvalue weighted by atomic mass is 32.2. The minimum Gasteiger partial charge on any atom is -0.496 e. The summed E-state index contributed by atoms with van der Waals surface area (Å²) >= 11 is 0. The average molecular weight is 834 g/mol. The number of methoxy groups -OCH3 is 1.